The Balaban J connectivity index is 2.19. The van der Waals surface area contributed by atoms with Gasteiger partial charge in [0.2, 0.25) is 5.76 Å². The van der Waals surface area contributed by atoms with E-state index in [0.29, 0.717) is 29.8 Å². The van der Waals surface area contributed by atoms with Crippen LogP contribution in [0.3, 0.4) is 0 Å². The van der Waals surface area contributed by atoms with Gasteiger partial charge in [-0.15, -0.1) is 0 Å². The van der Waals surface area contributed by atoms with Gasteiger partial charge in [0.15, 0.2) is 5.89 Å². The summed E-state index contributed by atoms with van der Waals surface area (Å²) in [6.45, 7) is 8.64. The van der Waals surface area contributed by atoms with Gasteiger partial charge in [0.05, 0.1) is 5.69 Å². The molecule has 2 rings (SSSR count). The molecule has 1 aliphatic rings. The molecule has 1 N–H and O–H groups in total. The number of nitrogens with zero attached hydrogens (tertiary/aromatic N) is 1. The van der Waals surface area contributed by atoms with Crippen molar-refractivity contribution in [2.45, 2.75) is 52.9 Å². The smallest absolute Gasteiger partial charge is 0.373 e. The highest BCUT2D eigenvalue weighted by Crippen LogP contribution is 2.41. The minimum Gasteiger partial charge on any atom is -0.475 e. The average molecular weight is 251 g/mol. The fourth-order valence-corrected chi connectivity index (χ4v) is 1.82. The van der Waals surface area contributed by atoms with Gasteiger partial charge >= 0.3 is 5.97 Å². The molecule has 1 fully saturated rings. The van der Waals surface area contributed by atoms with Crippen molar-refractivity contribution in [3.05, 3.63) is 17.3 Å². The highest BCUT2D eigenvalue weighted by molar-refractivity contribution is 5.85. The highest BCUT2D eigenvalue weighted by atomic mass is 16.4. The molecule has 0 radical (unpaired) electrons. The van der Waals surface area contributed by atoms with Gasteiger partial charge in [-0.2, -0.15) is 0 Å². The molecule has 4 nitrogen and oxygen atoms in total. The van der Waals surface area contributed by atoms with Crippen molar-refractivity contribution in [1.29, 1.82) is 0 Å². The van der Waals surface area contributed by atoms with Crippen molar-refractivity contribution in [3.63, 3.8) is 0 Å². The van der Waals surface area contributed by atoms with Crippen LogP contribution in [0.4, 0.5) is 0 Å². The molecule has 1 saturated carbocycles. The van der Waals surface area contributed by atoms with Gasteiger partial charge in [0, 0.05) is 12.3 Å². The van der Waals surface area contributed by atoms with Crippen LogP contribution in [-0.4, -0.2) is 16.1 Å². The van der Waals surface area contributed by atoms with Crippen LogP contribution >= 0.6 is 0 Å². The first-order chi connectivity index (χ1) is 8.29. The van der Waals surface area contributed by atoms with E-state index in [9.17, 15) is 4.79 Å². The minimum absolute atomic E-state index is 0.0496. The number of carboxylic acid groups (broad SMARTS) is 1. The van der Waals surface area contributed by atoms with Crippen LogP contribution in [0.1, 0.15) is 68.6 Å². The number of aromatic carboxylic acids is 1. The first-order valence-electron chi connectivity index (χ1n) is 6.52. The minimum atomic E-state index is -1.00. The van der Waals surface area contributed by atoms with Crippen molar-refractivity contribution >= 4 is 5.97 Å². The SMILES string of the molecule is CC(Cc1nc(C2CC2)c(C(=O)O)o1)C(C)(C)C. The third kappa shape index (κ3) is 2.74. The number of carboxylic acids is 1. The second kappa shape index (κ2) is 4.41. The Morgan fingerprint density at radius 3 is 2.56 bits per heavy atom. The Hall–Kier alpha value is -1.32. The maximum Gasteiger partial charge on any atom is 0.373 e. The van der Waals surface area contributed by atoms with Gasteiger partial charge in [-0.05, 0) is 24.2 Å². The lowest BCUT2D eigenvalue weighted by Crippen LogP contribution is -2.19. The predicted molar refractivity (Wildman–Crippen MR) is 67.8 cm³/mol. The van der Waals surface area contributed by atoms with Crippen LogP contribution in [0.25, 0.3) is 0 Å². The standard InChI is InChI=1S/C14H21NO3/c1-8(14(2,3)4)7-10-15-11(9-5-6-9)12(18-10)13(16)17/h8-9H,5-7H2,1-4H3,(H,16,17). The van der Waals surface area contributed by atoms with E-state index in [4.69, 9.17) is 9.52 Å². The van der Waals surface area contributed by atoms with Crippen LogP contribution in [0.5, 0.6) is 0 Å². The van der Waals surface area contributed by atoms with E-state index < -0.39 is 5.97 Å². The molecule has 1 atom stereocenters. The summed E-state index contributed by atoms with van der Waals surface area (Å²) in [5.41, 5.74) is 0.816. The van der Waals surface area contributed by atoms with E-state index in [1.165, 1.54) is 0 Å². The highest BCUT2D eigenvalue weighted by Gasteiger charge is 2.34. The third-order valence-corrected chi connectivity index (χ3v) is 3.82. The van der Waals surface area contributed by atoms with Crippen molar-refractivity contribution < 1.29 is 14.3 Å². The number of rotatable bonds is 4. The molecule has 0 spiro atoms. The van der Waals surface area contributed by atoms with Gasteiger partial charge in [0.1, 0.15) is 0 Å². The Bertz CT molecular complexity index is 452. The van der Waals surface area contributed by atoms with Gasteiger partial charge in [-0.25, -0.2) is 9.78 Å². The zero-order valence-electron chi connectivity index (χ0n) is 11.5. The zero-order chi connectivity index (χ0) is 13.5. The first kappa shape index (κ1) is 13.1. The molecule has 0 aliphatic heterocycles. The molecule has 100 valence electrons. The summed E-state index contributed by atoms with van der Waals surface area (Å²) < 4.78 is 5.43. The molecule has 1 aromatic heterocycles. The predicted octanol–water partition coefficient (Wildman–Crippen LogP) is 3.47. The lowest BCUT2D eigenvalue weighted by atomic mass is 9.80. The lowest BCUT2D eigenvalue weighted by molar-refractivity contribution is 0.0657. The normalized spacial score (nSPS) is 17.8. The molecule has 0 saturated heterocycles. The number of oxazole rings is 1. The largest absolute Gasteiger partial charge is 0.475 e. The van der Waals surface area contributed by atoms with Crippen LogP contribution in [0, 0.1) is 11.3 Å². The van der Waals surface area contributed by atoms with Gasteiger partial charge in [0.25, 0.3) is 0 Å². The maximum atomic E-state index is 11.1. The topological polar surface area (TPSA) is 63.3 Å². The average Bonchev–Trinajstić information content (AvgIpc) is 2.98. The van der Waals surface area contributed by atoms with Crippen LogP contribution in [0.15, 0.2) is 4.42 Å². The van der Waals surface area contributed by atoms with E-state index in [0.717, 1.165) is 12.8 Å². The monoisotopic (exact) mass is 251 g/mol. The number of hydrogen-bond acceptors (Lipinski definition) is 3. The molecular formula is C14H21NO3. The molecule has 0 bridgehead atoms. The third-order valence-electron chi connectivity index (χ3n) is 3.82. The Kier molecular flexibility index (Phi) is 3.21. The molecule has 1 heterocycles. The van der Waals surface area contributed by atoms with E-state index in [1.54, 1.807) is 0 Å². The number of carbonyl (C=O) groups is 1. The van der Waals surface area contributed by atoms with E-state index in [-0.39, 0.29) is 11.2 Å². The number of aromatic nitrogens is 1. The molecule has 1 aliphatic carbocycles. The maximum absolute atomic E-state index is 11.1. The summed E-state index contributed by atoms with van der Waals surface area (Å²) in [4.78, 5) is 15.5. The Morgan fingerprint density at radius 2 is 2.11 bits per heavy atom. The van der Waals surface area contributed by atoms with Gasteiger partial charge in [-0.3, -0.25) is 0 Å². The first-order valence-corrected chi connectivity index (χ1v) is 6.52. The second-order valence-corrected chi connectivity index (χ2v) is 6.37. The zero-order valence-corrected chi connectivity index (χ0v) is 11.5. The van der Waals surface area contributed by atoms with Crippen LogP contribution < -0.4 is 0 Å². The molecule has 0 amide bonds. The molecule has 0 aromatic carbocycles. The van der Waals surface area contributed by atoms with Gasteiger partial charge in [-0.1, -0.05) is 27.7 Å². The summed E-state index contributed by atoms with van der Waals surface area (Å²) in [5, 5.41) is 9.12. The Morgan fingerprint density at radius 1 is 1.50 bits per heavy atom. The summed E-state index contributed by atoms with van der Waals surface area (Å²) in [6, 6.07) is 0. The summed E-state index contributed by atoms with van der Waals surface area (Å²) in [6.07, 6.45) is 2.75. The summed E-state index contributed by atoms with van der Waals surface area (Å²) in [7, 11) is 0. The molecule has 1 aromatic rings. The summed E-state index contributed by atoms with van der Waals surface area (Å²) >= 11 is 0. The second-order valence-electron chi connectivity index (χ2n) is 6.37. The van der Waals surface area contributed by atoms with E-state index in [1.807, 2.05) is 0 Å². The van der Waals surface area contributed by atoms with Crippen molar-refractivity contribution in [2.75, 3.05) is 0 Å². The molecule has 1 unspecified atom stereocenters. The van der Waals surface area contributed by atoms with E-state index in [2.05, 4.69) is 32.7 Å². The van der Waals surface area contributed by atoms with Crippen molar-refractivity contribution in [1.82, 2.24) is 4.98 Å². The van der Waals surface area contributed by atoms with Crippen LogP contribution in [0.2, 0.25) is 0 Å². The van der Waals surface area contributed by atoms with Crippen molar-refractivity contribution in [3.8, 4) is 0 Å². The molecular weight excluding hydrogens is 230 g/mol. The fourth-order valence-electron chi connectivity index (χ4n) is 1.82. The van der Waals surface area contributed by atoms with E-state index >= 15 is 0 Å². The molecule has 18 heavy (non-hydrogen) atoms. The number of hydrogen-bond donors (Lipinski definition) is 1. The van der Waals surface area contributed by atoms with Crippen LogP contribution in [-0.2, 0) is 6.42 Å². The Labute approximate surface area is 107 Å². The lowest BCUT2D eigenvalue weighted by Gasteiger charge is -2.25. The fraction of sp³-hybridized carbons (Fsp3) is 0.714. The van der Waals surface area contributed by atoms with Gasteiger partial charge < -0.3 is 9.52 Å². The summed E-state index contributed by atoms with van der Waals surface area (Å²) in [5.74, 6) is 0.313. The molecule has 4 heteroatoms. The quantitative estimate of drug-likeness (QED) is 0.889. The van der Waals surface area contributed by atoms with Crippen molar-refractivity contribution in [2.24, 2.45) is 11.3 Å².